The van der Waals surface area contributed by atoms with E-state index in [9.17, 15) is 22.8 Å². The van der Waals surface area contributed by atoms with E-state index in [0.717, 1.165) is 31.2 Å². The van der Waals surface area contributed by atoms with Crippen LogP contribution in [0.15, 0.2) is 58.6 Å². The van der Waals surface area contributed by atoms with Gasteiger partial charge in [0, 0.05) is 50.7 Å². The van der Waals surface area contributed by atoms with Crippen LogP contribution in [0.3, 0.4) is 0 Å². The summed E-state index contributed by atoms with van der Waals surface area (Å²) in [5.41, 5.74) is 2.90. The van der Waals surface area contributed by atoms with Crippen molar-refractivity contribution in [2.24, 2.45) is 7.05 Å². The van der Waals surface area contributed by atoms with Crippen molar-refractivity contribution in [2.75, 3.05) is 32.6 Å². The van der Waals surface area contributed by atoms with Gasteiger partial charge in [-0.3, -0.25) is 14.4 Å². The number of aryl methyl sites for hydroxylation is 5. The third kappa shape index (κ3) is 7.81. The first-order chi connectivity index (χ1) is 21.9. The number of methoxy groups -OCH3 is 1. The number of imidazole rings is 1. The Morgan fingerprint density at radius 3 is 2.43 bits per heavy atom. The summed E-state index contributed by atoms with van der Waals surface area (Å²) in [6, 6.07) is 7.44. The number of fused-ring (bicyclic) bond motifs is 1. The fourth-order valence-electron chi connectivity index (χ4n) is 5.48. The molecule has 0 saturated heterocycles. The van der Waals surface area contributed by atoms with Crippen LogP contribution in [0.2, 0.25) is 0 Å². The maximum Gasteiger partial charge on any atom is 0.325 e. The number of amides is 1. The topological polar surface area (TPSA) is 165 Å². The Morgan fingerprint density at radius 1 is 1.09 bits per heavy atom. The van der Waals surface area contributed by atoms with Crippen molar-refractivity contribution in [3.63, 3.8) is 0 Å². The number of ether oxygens (including phenoxy) is 1. The number of nitrogens with zero attached hydrogens (tertiary/aromatic N) is 3. The Morgan fingerprint density at radius 2 is 1.80 bits per heavy atom. The summed E-state index contributed by atoms with van der Waals surface area (Å²) in [4.78, 5) is 44.0. The van der Waals surface area contributed by atoms with Gasteiger partial charge in [0.2, 0.25) is 21.4 Å². The Hall–Kier alpha value is -4.53. The van der Waals surface area contributed by atoms with Crippen LogP contribution in [-0.4, -0.2) is 67.7 Å². The average molecular weight is 652 g/mol. The molecule has 0 fully saturated rings. The zero-order chi connectivity index (χ0) is 33.6. The minimum atomic E-state index is -4.17. The highest BCUT2D eigenvalue weighted by Gasteiger charge is 2.29. The number of hydrogen-bond acceptors (Lipinski definition) is 9. The summed E-state index contributed by atoms with van der Waals surface area (Å²) in [5.74, 6) is -0.929. The number of rotatable bonds is 14. The number of anilines is 1. The van der Waals surface area contributed by atoms with Gasteiger partial charge in [0.05, 0.1) is 17.5 Å². The van der Waals surface area contributed by atoms with Crippen LogP contribution in [0.5, 0.6) is 0 Å². The zero-order valence-corrected chi connectivity index (χ0v) is 27.7. The number of hydrogen-bond donors (Lipinski definition) is 4. The number of carbonyl (C=O) groups is 2. The monoisotopic (exact) mass is 651 g/mol. The van der Waals surface area contributed by atoms with Gasteiger partial charge in [-0.2, -0.15) is 4.72 Å². The molecule has 2 aromatic carbocycles. The van der Waals surface area contributed by atoms with Crippen LogP contribution in [0.1, 0.15) is 39.0 Å². The van der Waals surface area contributed by atoms with Gasteiger partial charge in [-0.15, -0.1) is 0 Å². The van der Waals surface area contributed by atoms with Crippen LogP contribution >= 0.6 is 0 Å². The quantitative estimate of drug-likeness (QED) is 0.118. The van der Waals surface area contributed by atoms with E-state index in [1.165, 1.54) is 6.20 Å². The lowest BCUT2D eigenvalue weighted by molar-refractivity contribution is -0.142. The molecular formula is C32H41N7O6S. The number of pyridine rings is 1. The summed E-state index contributed by atoms with van der Waals surface area (Å²) in [5, 5.41) is 9.30. The van der Waals surface area contributed by atoms with Gasteiger partial charge in [0.1, 0.15) is 11.6 Å². The molecule has 0 saturated carbocycles. The summed E-state index contributed by atoms with van der Waals surface area (Å²) >= 11 is 0. The first kappa shape index (κ1) is 34.3. The number of nitrogens with one attached hydrogen (secondary N) is 4. The summed E-state index contributed by atoms with van der Waals surface area (Å²) in [7, 11) is 0.684. The largest absolute Gasteiger partial charge is 0.468 e. The molecule has 13 nitrogen and oxygen atoms in total. The van der Waals surface area contributed by atoms with Crippen LogP contribution in [0, 0.1) is 20.8 Å². The SMILES string of the molecule is CNCCCn1cc(C(=O)NC[C@H](NS(=O)(=O)c2c(C)cc(C)cc2C)C(=O)OC)c(=O)c2ccc(CNc3nccn3C)cc21. The Bertz CT molecular complexity index is 1890. The molecule has 4 N–H and O–H groups in total. The summed E-state index contributed by atoms with van der Waals surface area (Å²) < 4.78 is 37.6. The van der Waals surface area contributed by atoms with Gasteiger partial charge < -0.3 is 29.8 Å². The molecule has 0 radical (unpaired) electrons. The molecule has 0 unspecified atom stereocenters. The van der Waals surface area contributed by atoms with E-state index in [4.69, 9.17) is 4.74 Å². The average Bonchev–Trinajstić information content (AvgIpc) is 3.42. The molecule has 246 valence electrons. The van der Waals surface area contributed by atoms with Crippen molar-refractivity contribution in [3.8, 4) is 0 Å². The van der Waals surface area contributed by atoms with E-state index in [1.807, 2.05) is 48.5 Å². The van der Waals surface area contributed by atoms with Crippen LogP contribution in [-0.2, 0) is 39.7 Å². The van der Waals surface area contributed by atoms with E-state index >= 15 is 0 Å². The van der Waals surface area contributed by atoms with Gasteiger partial charge in [-0.25, -0.2) is 13.4 Å². The molecule has 0 aliphatic heterocycles. The lowest BCUT2D eigenvalue weighted by Crippen LogP contribution is -2.49. The molecule has 14 heteroatoms. The minimum absolute atomic E-state index is 0.0480. The third-order valence-electron chi connectivity index (χ3n) is 7.61. The van der Waals surface area contributed by atoms with Crippen molar-refractivity contribution in [1.29, 1.82) is 0 Å². The van der Waals surface area contributed by atoms with E-state index in [-0.39, 0.29) is 10.5 Å². The highest BCUT2D eigenvalue weighted by Crippen LogP contribution is 2.22. The van der Waals surface area contributed by atoms with Gasteiger partial charge in [0.25, 0.3) is 5.91 Å². The molecule has 1 amide bonds. The van der Waals surface area contributed by atoms with Crippen molar-refractivity contribution in [2.45, 2.75) is 51.2 Å². The lowest BCUT2D eigenvalue weighted by atomic mass is 10.1. The van der Waals surface area contributed by atoms with Crippen LogP contribution < -0.4 is 26.1 Å². The molecule has 4 rings (SSSR count). The second kappa shape index (κ2) is 14.7. The smallest absolute Gasteiger partial charge is 0.325 e. The number of sulfonamides is 1. The van der Waals surface area contributed by atoms with Gasteiger partial charge in [0.15, 0.2) is 0 Å². The molecule has 0 aliphatic carbocycles. The van der Waals surface area contributed by atoms with Crippen molar-refractivity contribution in [1.82, 2.24) is 29.5 Å². The Labute approximate surface area is 268 Å². The molecule has 0 aliphatic rings. The molecular weight excluding hydrogens is 610 g/mol. The maximum atomic E-state index is 13.6. The second-order valence-electron chi connectivity index (χ2n) is 11.2. The number of carbonyl (C=O) groups excluding carboxylic acids is 2. The third-order valence-corrected chi connectivity index (χ3v) is 9.39. The Balaban J connectivity index is 1.60. The predicted octanol–water partition coefficient (Wildman–Crippen LogP) is 2.13. The van der Waals surface area contributed by atoms with Crippen LogP contribution in [0.4, 0.5) is 5.95 Å². The van der Waals surface area contributed by atoms with Gasteiger partial charge >= 0.3 is 5.97 Å². The molecule has 2 heterocycles. The van der Waals surface area contributed by atoms with E-state index in [0.29, 0.717) is 41.1 Å². The maximum absolute atomic E-state index is 13.6. The lowest BCUT2D eigenvalue weighted by Gasteiger charge is -2.20. The van der Waals surface area contributed by atoms with Crippen molar-refractivity contribution >= 4 is 38.8 Å². The van der Waals surface area contributed by atoms with Gasteiger partial charge in [-0.1, -0.05) is 23.8 Å². The minimum Gasteiger partial charge on any atom is -0.468 e. The fraction of sp³-hybridized carbons (Fsp3) is 0.375. The highest BCUT2D eigenvalue weighted by atomic mass is 32.2. The highest BCUT2D eigenvalue weighted by molar-refractivity contribution is 7.89. The summed E-state index contributed by atoms with van der Waals surface area (Å²) in [6.07, 6.45) is 5.77. The molecule has 0 bridgehead atoms. The van der Waals surface area contributed by atoms with E-state index in [1.54, 1.807) is 38.2 Å². The fourth-order valence-corrected chi connectivity index (χ4v) is 7.12. The molecule has 1 atom stereocenters. The zero-order valence-electron chi connectivity index (χ0n) is 26.9. The van der Waals surface area contributed by atoms with Crippen LogP contribution in [0.25, 0.3) is 10.9 Å². The van der Waals surface area contributed by atoms with Crippen molar-refractivity contribution < 1.29 is 22.7 Å². The summed E-state index contributed by atoms with van der Waals surface area (Å²) in [6.45, 7) is 6.47. The first-order valence-corrected chi connectivity index (χ1v) is 16.3. The predicted molar refractivity (Wildman–Crippen MR) is 176 cm³/mol. The number of benzene rings is 2. The first-order valence-electron chi connectivity index (χ1n) is 14.8. The van der Waals surface area contributed by atoms with Crippen molar-refractivity contribution in [3.05, 3.63) is 87.0 Å². The van der Waals surface area contributed by atoms with E-state index in [2.05, 4.69) is 25.7 Å². The number of aromatic nitrogens is 3. The molecule has 0 spiro atoms. The normalized spacial score (nSPS) is 12.2. The number of esters is 1. The molecule has 4 aromatic rings. The van der Waals surface area contributed by atoms with E-state index < -0.39 is 39.9 Å². The second-order valence-corrected chi connectivity index (χ2v) is 12.9. The molecule has 2 aromatic heterocycles. The Kier molecular flexibility index (Phi) is 11.0. The molecule has 46 heavy (non-hydrogen) atoms. The van der Waals surface area contributed by atoms with Gasteiger partial charge in [-0.05, 0) is 69.6 Å². The standard InChI is InChI=1S/C32H41N7O6S/c1-20-14-21(2)29(22(3)15-20)46(43,44)37-26(31(42)45-6)18-35-30(41)25-19-39(12-7-10-33-4)27-16-23(8-9-24(27)28(25)40)17-36-32-34-11-13-38(32)5/h8-9,11,13-16,19,26,33,37H,7,10,12,17-18H2,1-6H3,(H,34,36)(H,35,41)/t26-/m0/s1.